The highest BCUT2D eigenvalue weighted by Crippen LogP contribution is 2.14. The zero-order valence-electron chi connectivity index (χ0n) is 11.6. The molecular formula is C13H20N6. The number of anilines is 2. The van der Waals surface area contributed by atoms with E-state index in [2.05, 4.69) is 20.4 Å². The lowest BCUT2D eigenvalue weighted by atomic mass is 10.2. The molecule has 0 aliphatic rings. The second-order valence-electron chi connectivity index (χ2n) is 4.89. The van der Waals surface area contributed by atoms with E-state index in [1.54, 1.807) is 10.7 Å². The summed E-state index contributed by atoms with van der Waals surface area (Å²) in [5.74, 6) is 2.31. The Morgan fingerprint density at radius 1 is 1.37 bits per heavy atom. The summed E-state index contributed by atoms with van der Waals surface area (Å²) < 4.78 is 1.80. The summed E-state index contributed by atoms with van der Waals surface area (Å²) >= 11 is 0. The Balaban J connectivity index is 1.95. The van der Waals surface area contributed by atoms with E-state index in [1.807, 2.05) is 33.3 Å². The summed E-state index contributed by atoms with van der Waals surface area (Å²) in [4.78, 5) is 8.66. The number of hydrogen-bond donors (Lipinski definition) is 2. The molecule has 19 heavy (non-hydrogen) atoms. The molecule has 0 bridgehead atoms. The molecule has 0 unspecified atom stereocenters. The number of nitrogens with two attached hydrogens (primary N) is 1. The Bertz CT molecular complexity index is 546. The minimum absolute atomic E-state index is 0.266. The van der Waals surface area contributed by atoms with Crippen molar-refractivity contribution < 1.29 is 0 Å². The third-order valence-corrected chi connectivity index (χ3v) is 2.76. The van der Waals surface area contributed by atoms with Crippen LogP contribution in [0.3, 0.4) is 0 Å². The number of hydrogen-bond acceptors (Lipinski definition) is 5. The van der Waals surface area contributed by atoms with E-state index in [-0.39, 0.29) is 5.92 Å². The van der Waals surface area contributed by atoms with Gasteiger partial charge in [-0.25, -0.2) is 9.97 Å². The SMILES string of the molecule is CC(C)c1nc(N)cc(NCCc2cnn(C)c2)n1. The standard InChI is InChI=1S/C13H20N6/c1-9(2)13-17-11(14)6-12(18-13)15-5-4-10-7-16-19(3)8-10/h6-9H,4-5H2,1-3H3,(H3,14,15,17,18). The van der Waals surface area contributed by atoms with Crippen molar-refractivity contribution in [1.29, 1.82) is 0 Å². The lowest BCUT2D eigenvalue weighted by Gasteiger charge is -2.09. The van der Waals surface area contributed by atoms with Crippen LogP contribution in [0.2, 0.25) is 0 Å². The van der Waals surface area contributed by atoms with Crippen molar-refractivity contribution >= 4 is 11.6 Å². The topological polar surface area (TPSA) is 81.6 Å². The molecule has 0 aliphatic carbocycles. The van der Waals surface area contributed by atoms with E-state index in [9.17, 15) is 0 Å². The zero-order valence-corrected chi connectivity index (χ0v) is 11.6. The van der Waals surface area contributed by atoms with E-state index < -0.39 is 0 Å². The highest BCUT2D eigenvalue weighted by molar-refractivity contribution is 5.45. The number of nitrogen functional groups attached to an aromatic ring is 1. The molecule has 0 aromatic carbocycles. The van der Waals surface area contributed by atoms with Crippen LogP contribution in [0.5, 0.6) is 0 Å². The summed E-state index contributed by atoms with van der Waals surface area (Å²) in [6.45, 7) is 4.89. The van der Waals surface area contributed by atoms with Crippen molar-refractivity contribution in [1.82, 2.24) is 19.7 Å². The summed E-state index contributed by atoms with van der Waals surface area (Å²) in [7, 11) is 1.91. The summed E-state index contributed by atoms with van der Waals surface area (Å²) in [6.07, 6.45) is 4.78. The average molecular weight is 260 g/mol. The van der Waals surface area contributed by atoms with Crippen LogP contribution in [-0.2, 0) is 13.5 Å². The molecule has 2 aromatic rings. The molecule has 0 saturated carbocycles. The molecule has 2 heterocycles. The van der Waals surface area contributed by atoms with Crippen molar-refractivity contribution in [2.24, 2.45) is 7.05 Å². The maximum Gasteiger partial charge on any atom is 0.135 e. The average Bonchev–Trinajstić information content (AvgIpc) is 2.74. The first-order chi connectivity index (χ1) is 9.04. The van der Waals surface area contributed by atoms with E-state index in [0.717, 1.165) is 24.6 Å². The largest absolute Gasteiger partial charge is 0.384 e. The monoisotopic (exact) mass is 260 g/mol. The highest BCUT2D eigenvalue weighted by atomic mass is 15.2. The van der Waals surface area contributed by atoms with Crippen molar-refractivity contribution in [2.45, 2.75) is 26.2 Å². The van der Waals surface area contributed by atoms with Gasteiger partial charge in [0.1, 0.15) is 17.5 Å². The molecule has 0 spiro atoms. The predicted octanol–water partition coefficient (Wildman–Crippen LogP) is 1.57. The maximum absolute atomic E-state index is 5.78. The number of rotatable bonds is 5. The van der Waals surface area contributed by atoms with Crippen LogP contribution in [-0.4, -0.2) is 26.3 Å². The van der Waals surface area contributed by atoms with Crippen LogP contribution in [0.4, 0.5) is 11.6 Å². The minimum Gasteiger partial charge on any atom is -0.384 e. The summed E-state index contributed by atoms with van der Waals surface area (Å²) in [6, 6.07) is 1.76. The highest BCUT2D eigenvalue weighted by Gasteiger charge is 2.06. The van der Waals surface area contributed by atoms with Crippen LogP contribution in [0.15, 0.2) is 18.5 Å². The molecule has 2 rings (SSSR count). The van der Waals surface area contributed by atoms with Crippen LogP contribution in [0, 0.1) is 0 Å². The summed E-state index contributed by atoms with van der Waals surface area (Å²) in [5.41, 5.74) is 6.97. The van der Waals surface area contributed by atoms with Gasteiger partial charge in [-0.2, -0.15) is 5.10 Å². The van der Waals surface area contributed by atoms with Crippen molar-refractivity contribution in [3.8, 4) is 0 Å². The van der Waals surface area contributed by atoms with E-state index in [0.29, 0.717) is 5.82 Å². The van der Waals surface area contributed by atoms with Gasteiger partial charge in [0.25, 0.3) is 0 Å². The Morgan fingerprint density at radius 3 is 2.79 bits per heavy atom. The smallest absolute Gasteiger partial charge is 0.135 e. The van der Waals surface area contributed by atoms with E-state index in [4.69, 9.17) is 5.73 Å². The Kier molecular flexibility index (Phi) is 3.99. The Labute approximate surface area is 113 Å². The Morgan fingerprint density at radius 2 is 2.16 bits per heavy atom. The molecule has 3 N–H and O–H groups in total. The fourth-order valence-electron chi connectivity index (χ4n) is 1.77. The normalized spacial score (nSPS) is 10.9. The van der Waals surface area contributed by atoms with Gasteiger partial charge in [-0.3, -0.25) is 4.68 Å². The van der Waals surface area contributed by atoms with Gasteiger partial charge in [0, 0.05) is 31.8 Å². The molecule has 0 atom stereocenters. The molecule has 102 valence electrons. The van der Waals surface area contributed by atoms with Gasteiger partial charge in [-0.05, 0) is 12.0 Å². The van der Waals surface area contributed by atoms with Crippen LogP contribution in [0.25, 0.3) is 0 Å². The van der Waals surface area contributed by atoms with Crippen LogP contribution >= 0.6 is 0 Å². The van der Waals surface area contributed by atoms with Crippen molar-refractivity contribution in [3.05, 3.63) is 29.8 Å². The van der Waals surface area contributed by atoms with E-state index >= 15 is 0 Å². The quantitative estimate of drug-likeness (QED) is 0.852. The second-order valence-corrected chi connectivity index (χ2v) is 4.89. The number of aryl methyl sites for hydroxylation is 1. The van der Waals surface area contributed by atoms with Gasteiger partial charge in [0.05, 0.1) is 6.20 Å². The van der Waals surface area contributed by atoms with Gasteiger partial charge < -0.3 is 11.1 Å². The third kappa shape index (κ3) is 3.67. The van der Waals surface area contributed by atoms with Crippen LogP contribution < -0.4 is 11.1 Å². The molecular weight excluding hydrogens is 240 g/mol. The van der Waals surface area contributed by atoms with Crippen molar-refractivity contribution in [3.63, 3.8) is 0 Å². The maximum atomic E-state index is 5.78. The lowest BCUT2D eigenvalue weighted by Crippen LogP contribution is -2.10. The zero-order chi connectivity index (χ0) is 13.8. The number of nitrogens with one attached hydrogen (secondary N) is 1. The molecule has 0 fully saturated rings. The molecule has 6 heteroatoms. The van der Waals surface area contributed by atoms with Crippen LogP contribution in [0.1, 0.15) is 31.2 Å². The van der Waals surface area contributed by atoms with Gasteiger partial charge in [0.15, 0.2) is 0 Å². The van der Waals surface area contributed by atoms with Gasteiger partial charge in [-0.1, -0.05) is 13.8 Å². The predicted molar refractivity (Wildman–Crippen MR) is 75.9 cm³/mol. The number of nitrogens with zero attached hydrogens (tertiary/aromatic N) is 4. The second kappa shape index (κ2) is 5.69. The molecule has 0 aliphatic heterocycles. The fraction of sp³-hybridized carbons (Fsp3) is 0.462. The first-order valence-corrected chi connectivity index (χ1v) is 6.40. The number of aromatic nitrogens is 4. The molecule has 0 amide bonds. The first-order valence-electron chi connectivity index (χ1n) is 6.40. The fourth-order valence-corrected chi connectivity index (χ4v) is 1.77. The lowest BCUT2D eigenvalue weighted by molar-refractivity contribution is 0.766. The van der Waals surface area contributed by atoms with Gasteiger partial charge >= 0.3 is 0 Å². The van der Waals surface area contributed by atoms with Crippen molar-refractivity contribution in [2.75, 3.05) is 17.6 Å². The first kappa shape index (κ1) is 13.3. The van der Waals surface area contributed by atoms with E-state index in [1.165, 1.54) is 5.56 Å². The Hall–Kier alpha value is -2.11. The molecule has 6 nitrogen and oxygen atoms in total. The minimum atomic E-state index is 0.266. The molecule has 0 saturated heterocycles. The van der Waals surface area contributed by atoms with Gasteiger partial charge in [0.2, 0.25) is 0 Å². The summed E-state index contributed by atoms with van der Waals surface area (Å²) in [5, 5.41) is 7.41. The molecule has 2 aromatic heterocycles. The van der Waals surface area contributed by atoms with Gasteiger partial charge in [-0.15, -0.1) is 0 Å². The molecule has 0 radical (unpaired) electrons. The third-order valence-electron chi connectivity index (χ3n) is 2.76.